The number of amides is 4. The molecule has 0 aliphatic carbocycles. The van der Waals surface area contributed by atoms with Crippen LogP contribution in [0, 0.1) is 0 Å². The van der Waals surface area contributed by atoms with E-state index in [4.69, 9.17) is 14.2 Å². The highest BCUT2D eigenvalue weighted by atomic mass is 16.6. The van der Waals surface area contributed by atoms with E-state index in [1.807, 2.05) is 0 Å². The molecule has 15 nitrogen and oxygen atoms in total. The molecule has 1 aromatic carbocycles. The van der Waals surface area contributed by atoms with E-state index in [2.05, 4.69) is 10.6 Å². The van der Waals surface area contributed by atoms with Gasteiger partial charge in [-0.15, -0.1) is 0 Å². The van der Waals surface area contributed by atoms with Gasteiger partial charge in [0.2, 0.25) is 17.7 Å². The average Bonchev–Trinajstić information content (AvgIpc) is 3.66. The van der Waals surface area contributed by atoms with Crippen molar-refractivity contribution in [2.75, 3.05) is 13.1 Å². The number of rotatable bonds is 12. The van der Waals surface area contributed by atoms with Gasteiger partial charge in [-0.2, -0.15) is 0 Å². The molecule has 2 aliphatic rings. The van der Waals surface area contributed by atoms with Crippen molar-refractivity contribution in [3.8, 4) is 0 Å². The van der Waals surface area contributed by atoms with Gasteiger partial charge in [0, 0.05) is 33.4 Å². The Bertz CT molecular complexity index is 1460. The van der Waals surface area contributed by atoms with Gasteiger partial charge in [0.15, 0.2) is 5.54 Å². The number of aliphatic carboxylic acids is 1. The summed E-state index contributed by atoms with van der Waals surface area (Å²) in [6.45, 7) is 11.6. The third-order valence-electron chi connectivity index (χ3n) is 9.07. The molecule has 2 fully saturated rings. The first-order chi connectivity index (χ1) is 23.2. The number of carbonyl (C=O) groups excluding carboxylic acids is 6. The van der Waals surface area contributed by atoms with Crippen LogP contribution in [0.4, 0.5) is 4.79 Å². The van der Waals surface area contributed by atoms with Crippen LogP contribution >= 0.6 is 0 Å². The van der Waals surface area contributed by atoms with E-state index < -0.39 is 82.7 Å². The molecule has 3 rings (SSSR count). The standard InChI is InChI=1S/C35H50N4O11/c1-21(48-23(3)40)27(36-32(47)50-33(5,6)7)29(43)38-18-12-16-26(38)28(42)39-19-13-17-35(39,20-25-14-10-9-11-15-25)30(44)37-34(8,31(45)46)22(2)49-24(4)41/h9-11,14-15,21-22,26-27H,12-13,16-20H2,1-8H3,(H,36,47)(H,37,44)(H,45,46)/t21-,22-,26+,27+,34+,35?/m1/s1. The van der Waals surface area contributed by atoms with Crippen LogP contribution in [0.25, 0.3) is 0 Å². The number of hydrogen-bond acceptors (Lipinski definition) is 10. The molecular weight excluding hydrogens is 652 g/mol. The van der Waals surface area contributed by atoms with Crippen LogP contribution in [-0.4, -0.2) is 111 Å². The highest BCUT2D eigenvalue weighted by Crippen LogP contribution is 2.37. The van der Waals surface area contributed by atoms with Gasteiger partial charge in [-0.05, 0) is 72.8 Å². The molecule has 2 saturated heterocycles. The number of carbonyl (C=O) groups is 7. The van der Waals surface area contributed by atoms with Gasteiger partial charge in [0.1, 0.15) is 35.4 Å². The van der Waals surface area contributed by atoms with Crippen LogP contribution in [0.15, 0.2) is 30.3 Å². The van der Waals surface area contributed by atoms with E-state index in [0.717, 1.165) is 6.92 Å². The lowest BCUT2D eigenvalue weighted by atomic mass is 9.84. The maximum Gasteiger partial charge on any atom is 0.408 e. The minimum absolute atomic E-state index is 0.0377. The summed E-state index contributed by atoms with van der Waals surface area (Å²) in [5.41, 5.74) is -3.79. The predicted molar refractivity (Wildman–Crippen MR) is 178 cm³/mol. The van der Waals surface area contributed by atoms with Crippen molar-refractivity contribution in [2.45, 2.75) is 128 Å². The number of carboxylic acid groups (broad SMARTS) is 1. The Morgan fingerprint density at radius 1 is 0.940 bits per heavy atom. The fourth-order valence-corrected chi connectivity index (χ4v) is 6.47. The van der Waals surface area contributed by atoms with Crippen molar-refractivity contribution in [3.05, 3.63) is 35.9 Å². The second-order valence-corrected chi connectivity index (χ2v) is 14.1. The Balaban J connectivity index is 2.01. The number of hydrogen-bond donors (Lipinski definition) is 3. The van der Waals surface area contributed by atoms with Gasteiger partial charge in [-0.3, -0.25) is 24.0 Å². The Morgan fingerprint density at radius 3 is 2.12 bits per heavy atom. The molecule has 0 spiro atoms. The topological polar surface area (TPSA) is 198 Å². The molecule has 50 heavy (non-hydrogen) atoms. The summed E-state index contributed by atoms with van der Waals surface area (Å²) in [4.78, 5) is 94.8. The SMILES string of the molecule is CC(=O)O[C@H](C)[C@H](NC(=O)OC(C)(C)C)C(=O)N1CCC[C@H]1C(=O)N1CCCC1(Cc1ccccc1)C(=O)N[C@](C)(C(=O)O)[C@@H](C)OC(C)=O. The summed E-state index contributed by atoms with van der Waals surface area (Å²) >= 11 is 0. The van der Waals surface area contributed by atoms with Crippen LogP contribution in [0.2, 0.25) is 0 Å². The van der Waals surface area contributed by atoms with Crippen molar-refractivity contribution in [1.29, 1.82) is 0 Å². The first kappa shape index (κ1) is 39.7. The minimum Gasteiger partial charge on any atom is -0.479 e. The lowest BCUT2D eigenvalue weighted by Gasteiger charge is -2.42. The molecule has 0 bridgehead atoms. The number of esters is 2. The van der Waals surface area contributed by atoms with Crippen molar-refractivity contribution in [1.82, 2.24) is 20.4 Å². The molecule has 276 valence electrons. The van der Waals surface area contributed by atoms with E-state index in [-0.39, 0.29) is 32.4 Å². The molecule has 0 saturated carbocycles. The highest BCUT2D eigenvalue weighted by Gasteiger charge is 2.55. The monoisotopic (exact) mass is 702 g/mol. The number of carboxylic acids is 1. The Morgan fingerprint density at radius 2 is 1.56 bits per heavy atom. The van der Waals surface area contributed by atoms with E-state index in [1.165, 1.54) is 37.5 Å². The second-order valence-electron chi connectivity index (χ2n) is 14.1. The molecular formula is C35H50N4O11. The molecule has 1 unspecified atom stereocenters. The third kappa shape index (κ3) is 9.30. The maximum absolute atomic E-state index is 14.6. The zero-order valence-electron chi connectivity index (χ0n) is 30.1. The van der Waals surface area contributed by atoms with Crippen LogP contribution in [-0.2, 0) is 49.4 Å². The summed E-state index contributed by atoms with van der Waals surface area (Å²) in [6.07, 6.45) is -1.99. The summed E-state index contributed by atoms with van der Waals surface area (Å²) in [7, 11) is 0. The Hall–Kier alpha value is -4.69. The summed E-state index contributed by atoms with van der Waals surface area (Å²) in [5.74, 6) is -4.81. The van der Waals surface area contributed by atoms with Gasteiger partial charge in [-0.1, -0.05) is 30.3 Å². The van der Waals surface area contributed by atoms with Crippen molar-refractivity contribution in [2.24, 2.45) is 0 Å². The van der Waals surface area contributed by atoms with E-state index in [0.29, 0.717) is 18.4 Å². The molecule has 0 aromatic heterocycles. The van der Waals surface area contributed by atoms with Crippen LogP contribution < -0.4 is 10.6 Å². The minimum atomic E-state index is -2.05. The van der Waals surface area contributed by atoms with Crippen LogP contribution in [0.3, 0.4) is 0 Å². The number of nitrogens with zero attached hydrogens (tertiary/aromatic N) is 2. The maximum atomic E-state index is 14.6. The molecule has 4 amide bonds. The van der Waals surface area contributed by atoms with Crippen molar-refractivity contribution < 1.29 is 52.9 Å². The number of nitrogens with one attached hydrogen (secondary N) is 2. The molecule has 0 radical (unpaired) electrons. The molecule has 1 aromatic rings. The number of alkyl carbamates (subject to hydrolysis) is 1. The van der Waals surface area contributed by atoms with E-state index in [1.54, 1.807) is 51.1 Å². The number of likely N-dealkylation sites (tertiary alicyclic amines) is 2. The predicted octanol–water partition coefficient (Wildman–Crippen LogP) is 2.34. The molecule has 2 heterocycles. The third-order valence-corrected chi connectivity index (χ3v) is 9.07. The summed E-state index contributed by atoms with van der Waals surface area (Å²) in [5, 5.41) is 15.3. The molecule has 15 heteroatoms. The summed E-state index contributed by atoms with van der Waals surface area (Å²) < 4.78 is 15.8. The zero-order chi connectivity index (χ0) is 37.6. The van der Waals surface area contributed by atoms with E-state index >= 15 is 0 Å². The number of ether oxygens (including phenoxy) is 3. The van der Waals surface area contributed by atoms with Gasteiger partial charge in [-0.25, -0.2) is 9.59 Å². The average molecular weight is 703 g/mol. The highest BCUT2D eigenvalue weighted by molar-refractivity contribution is 5.98. The lowest BCUT2D eigenvalue weighted by Crippen LogP contribution is -2.68. The lowest BCUT2D eigenvalue weighted by molar-refractivity contribution is -0.164. The quantitative estimate of drug-likeness (QED) is 0.214. The largest absolute Gasteiger partial charge is 0.479 e. The normalized spacial score (nSPS) is 22.0. The van der Waals surface area contributed by atoms with Crippen LogP contribution in [0.5, 0.6) is 0 Å². The van der Waals surface area contributed by atoms with Crippen LogP contribution in [0.1, 0.15) is 86.6 Å². The van der Waals surface area contributed by atoms with Gasteiger partial charge in [0.05, 0.1) is 0 Å². The van der Waals surface area contributed by atoms with Gasteiger partial charge >= 0.3 is 24.0 Å². The van der Waals surface area contributed by atoms with Gasteiger partial charge < -0.3 is 39.8 Å². The van der Waals surface area contributed by atoms with Crippen molar-refractivity contribution >= 4 is 41.7 Å². The first-order valence-corrected chi connectivity index (χ1v) is 16.8. The first-order valence-electron chi connectivity index (χ1n) is 16.8. The number of benzene rings is 1. The Kier molecular flexibility index (Phi) is 12.6. The summed E-state index contributed by atoms with van der Waals surface area (Å²) in [6, 6.07) is 6.53. The second kappa shape index (κ2) is 15.9. The Labute approximate surface area is 292 Å². The molecule has 2 aliphatic heterocycles. The zero-order valence-corrected chi connectivity index (χ0v) is 30.1. The fourth-order valence-electron chi connectivity index (χ4n) is 6.47. The molecule has 6 atom stereocenters. The molecule has 3 N–H and O–H groups in total. The smallest absolute Gasteiger partial charge is 0.408 e. The van der Waals surface area contributed by atoms with E-state index in [9.17, 15) is 38.7 Å². The fraction of sp³-hybridized carbons (Fsp3) is 0.629. The van der Waals surface area contributed by atoms with Crippen molar-refractivity contribution in [3.63, 3.8) is 0 Å². The van der Waals surface area contributed by atoms with Gasteiger partial charge in [0.25, 0.3) is 0 Å².